The second-order valence-corrected chi connectivity index (χ2v) is 7.27. The van der Waals surface area contributed by atoms with Gasteiger partial charge in [-0.15, -0.1) is 0 Å². The average molecular weight is 375 g/mol. The van der Waals surface area contributed by atoms with Crippen molar-refractivity contribution in [2.24, 2.45) is 0 Å². The normalized spacial score (nSPS) is 16.9. The largest absolute Gasteiger partial charge is 0.342 e. The monoisotopic (exact) mass is 375 g/mol. The number of piperidine rings is 1. The van der Waals surface area contributed by atoms with E-state index in [0.29, 0.717) is 13.0 Å². The van der Waals surface area contributed by atoms with Gasteiger partial charge in [0.2, 0.25) is 5.91 Å². The van der Waals surface area contributed by atoms with Crippen molar-refractivity contribution in [2.75, 3.05) is 13.1 Å². The summed E-state index contributed by atoms with van der Waals surface area (Å²) in [5, 5.41) is 0. The van der Waals surface area contributed by atoms with E-state index in [0.717, 1.165) is 49.4 Å². The molecule has 0 spiro atoms. The van der Waals surface area contributed by atoms with Gasteiger partial charge in [-0.25, -0.2) is 4.98 Å². The van der Waals surface area contributed by atoms with Crippen LogP contribution in [0.5, 0.6) is 0 Å². The minimum absolute atomic E-state index is 0.226. The lowest BCUT2D eigenvalue weighted by atomic mass is 9.96. The fourth-order valence-electron chi connectivity index (χ4n) is 3.85. The number of imidazole rings is 1. The number of likely N-dealkylation sites (tertiary alicyclic amines) is 1. The maximum atomic E-state index is 12.7. The van der Waals surface area contributed by atoms with E-state index in [1.165, 1.54) is 0 Å². The van der Waals surface area contributed by atoms with Gasteiger partial charge in [-0.3, -0.25) is 14.8 Å². The van der Waals surface area contributed by atoms with Gasteiger partial charge in [-0.1, -0.05) is 6.07 Å². The highest BCUT2D eigenvalue weighted by atomic mass is 16.2. The molecule has 1 amide bonds. The molecule has 0 saturated carbocycles. The first-order valence-corrected chi connectivity index (χ1v) is 9.87. The van der Waals surface area contributed by atoms with Crippen molar-refractivity contribution in [2.45, 2.75) is 38.1 Å². The summed E-state index contributed by atoms with van der Waals surface area (Å²) in [6.07, 6.45) is 12.6. The quantitative estimate of drug-likeness (QED) is 0.664. The first-order chi connectivity index (χ1) is 13.8. The summed E-state index contributed by atoms with van der Waals surface area (Å²) in [4.78, 5) is 27.8. The van der Waals surface area contributed by atoms with Crippen LogP contribution in [0.4, 0.5) is 0 Å². The number of amides is 1. The Balaban J connectivity index is 1.39. The van der Waals surface area contributed by atoms with Crippen LogP contribution >= 0.6 is 0 Å². The van der Waals surface area contributed by atoms with Crippen molar-refractivity contribution < 1.29 is 4.79 Å². The SMILES string of the molecule is O=C(CCc1ccncc1)N1CCC[C@@H](c2nccn2Cc2ccccn2)C1. The van der Waals surface area contributed by atoms with Crippen LogP contribution in [0, 0.1) is 0 Å². The van der Waals surface area contributed by atoms with Crippen molar-refractivity contribution >= 4 is 5.91 Å². The molecule has 1 atom stereocenters. The van der Waals surface area contributed by atoms with Crippen LogP contribution in [0.2, 0.25) is 0 Å². The summed E-state index contributed by atoms with van der Waals surface area (Å²) in [6, 6.07) is 9.90. The lowest BCUT2D eigenvalue weighted by Crippen LogP contribution is -2.39. The number of carbonyl (C=O) groups excluding carboxylic acids is 1. The van der Waals surface area contributed by atoms with Gasteiger partial charge in [0.05, 0.1) is 12.2 Å². The molecule has 0 N–H and O–H groups in total. The molecule has 1 fully saturated rings. The summed E-state index contributed by atoms with van der Waals surface area (Å²) in [6.45, 7) is 2.30. The Morgan fingerprint density at radius 2 is 1.96 bits per heavy atom. The van der Waals surface area contributed by atoms with Crippen LogP contribution in [0.15, 0.2) is 61.3 Å². The lowest BCUT2D eigenvalue weighted by molar-refractivity contribution is -0.132. The summed E-state index contributed by atoms with van der Waals surface area (Å²) in [5.74, 6) is 1.55. The molecule has 1 saturated heterocycles. The van der Waals surface area contributed by atoms with E-state index >= 15 is 0 Å². The Bertz CT molecular complexity index is 894. The van der Waals surface area contributed by atoms with Crippen molar-refractivity contribution in [3.8, 4) is 0 Å². The van der Waals surface area contributed by atoms with Gasteiger partial charge >= 0.3 is 0 Å². The van der Waals surface area contributed by atoms with Crippen LogP contribution in [0.3, 0.4) is 0 Å². The van der Waals surface area contributed by atoms with E-state index in [1.807, 2.05) is 53.8 Å². The Labute approximate surface area is 165 Å². The Kier molecular flexibility index (Phi) is 5.75. The Morgan fingerprint density at radius 1 is 1.07 bits per heavy atom. The number of hydrogen-bond donors (Lipinski definition) is 0. The number of pyridine rings is 2. The third-order valence-corrected chi connectivity index (χ3v) is 5.32. The van der Waals surface area contributed by atoms with Crippen molar-refractivity contribution in [1.82, 2.24) is 24.4 Å². The molecular formula is C22H25N5O. The molecule has 1 aliphatic rings. The molecule has 4 rings (SSSR count). The molecule has 0 bridgehead atoms. The Morgan fingerprint density at radius 3 is 2.79 bits per heavy atom. The number of aromatic nitrogens is 4. The standard InChI is InChI=1S/C22H25N5O/c28-21(7-6-18-8-11-23-12-9-18)26-14-3-4-19(16-26)22-25-13-15-27(22)17-20-5-1-2-10-24-20/h1-2,5,8-13,15,19H,3-4,6-7,14,16-17H2/t19-/m1/s1. The zero-order valence-electron chi connectivity index (χ0n) is 15.9. The molecule has 3 aromatic rings. The number of rotatable bonds is 6. The van der Waals surface area contributed by atoms with Crippen LogP contribution in [0.25, 0.3) is 0 Å². The molecule has 4 heterocycles. The fourth-order valence-corrected chi connectivity index (χ4v) is 3.85. The van der Waals surface area contributed by atoms with Gasteiger partial charge in [0.25, 0.3) is 0 Å². The molecule has 0 unspecified atom stereocenters. The maximum Gasteiger partial charge on any atom is 0.222 e. The number of nitrogens with zero attached hydrogens (tertiary/aromatic N) is 5. The third-order valence-electron chi connectivity index (χ3n) is 5.32. The van der Waals surface area contributed by atoms with E-state index in [2.05, 4.69) is 19.5 Å². The van der Waals surface area contributed by atoms with E-state index in [-0.39, 0.29) is 11.8 Å². The van der Waals surface area contributed by atoms with E-state index in [1.54, 1.807) is 12.4 Å². The van der Waals surface area contributed by atoms with Crippen LogP contribution in [-0.4, -0.2) is 43.4 Å². The first kappa shape index (κ1) is 18.3. The summed E-state index contributed by atoms with van der Waals surface area (Å²) in [5.41, 5.74) is 2.17. The molecule has 1 aliphatic heterocycles. The van der Waals surface area contributed by atoms with Crippen LogP contribution in [-0.2, 0) is 17.8 Å². The minimum atomic E-state index is 0.226. The van der Waals surface area contributed by atoms with Crippen molar-refractivity contribution in [1.29, 1.82) is 0 Å². The molecular weight excluding hydrogens is 350 g/mol. The number of carbonyl (C=O) groups is 1. The molecule has 3 aromatic heterocycles. The van der Waals surface area contributed by atoms with Gasteiger partial charge in [-0.2, -0.15) is 0 Å². The average Bonchev–Trinajstić information content (AvgIpc) is 3.22. The van der Waals surface area contributed by atoms with Gasteiger partial charge in [0.1, 0.15) is 5.82 Å². The van der Waals surface area contributed by atoms with Gasteiger partial charge in [0.15, 0.2) is 0 Å². The third kappa shape index (κ3) is 4.44. The topological polar surface area (TPSA) is 63.9 Å². The molecule has 144 valence electrons. The van der Waals surface area contributed by atoms with Crippen molar-refractivity contribution in [3.05, 3.63) is 78.4 Å². The Hall–Kier alpha value is -3.02. The molecule has 28 heavy (non-hydrogen) atoms. The van der Waals surface area contributed by atoms with E-state index in [9.17, 15) is 4.79 Å². The number of aryl methyl sites for hydroxylation is 1. The van der Waals surface area contributed by atoms with E-state index in [4.69, 9.17) is 0 Å². The summed E-state index contributed by atoms with van der Waals surface area (Å²) >= 11 is 0. The zero-order chi connectivity index (χ0) is 19.2. The highest BCUT2D eigenvalue weighted by molar-refractivity contribution is 5.76. The van der Waals surface area contributed by atoms with Gasteiger partial charge in [0, 0.05) is 56.4 Å². The van der Waals surface area contributed by atoms with Crippen LogP contribution in [0.1, 0.15) is 42.3 Å². The second-order valence-electron chi connectivity index (χ2n) is 7.27. The molecule has 6 nitrogen and oxygen atoms in total. The second kappa shape index (κ2) is 8.78. The first-order valence-electron chi connectivity index (χ1n) is 9.87. The van der Waals surface area contributed by atoms with Gasteiger partial charge < -0.3 is 9.47 Å². The molecule has 0 aromatic carbocycles. The predicted molar refractivity (Wildman–Crippen MR) is 107 cm³/mol. The predicted octanol–water partition coefficient (Wildman–Crippen LogP) is 3.06. The molecule has 0 radical (unpaired) electrons. The lowest BCUT2D eigenvalue weighted by Gasteiger charge is -2.33. The minimum Gasteiger partial charge on any atom is -0.342 e. The highest BCUT2D eigenvalue weighted by Crippen LogP contribution is 2.26. The fraction of sp³-hybridized carbons (Fsp3) is 0.364. The zero-order valence-corrected chi connectivity index (χ0v) is 15.9. The molecule has 6 heteroatoms. The smallest absolute Gasteiger partial charge is 0.222 e. The summed E-state index contributed by atoms with van der Waals surface area (Å²) in [7, 11) is 0. The molecule has 0 aliphatic carbocycles. The van der Waals surface area contributed by atoms with E-state index < -0.39 is 0 Å². The van der Waals surface area contributed by atoms with Gasteiger partial charge in [-0.05, 0) is 49.1 Å². The van der Waals surface area contributed by atoms with Crippen molar-refractivity contribution in [3.63, 3.8) is 0 Å². The number of hydrogen-bond acceptors (Lipinski definition) is 4. The van der Waals surface area contributed by atoms with Crippen LogP contribution < -0.4 is 0 Å². The maximum absolute atomic E-state index is 12.7. The summed E-state index contributed by atoms with van der Waals surface area (Å²) < 4.78 is 2.16. The highest BCUT2D eigenvalue weighted by Gasteiger charge is 2.27.